The molecule has 0 heterocycles. The minimum absolute atomic E-state index is 1.15. The topological polar surface area (TPSA) is 0 Å². The Hall–Kier alpha value is -1.04. The van der Waals surface area contributed by atoms with Crippen LogP contribution in [0.2, 0.25) is 0 Å². The summed E-state index contributed by atoms with van der Waals surface area (Å²) in [5, 5.41) is 0. The summed E-state index contributed by atoms with van der Waals surface area (Å²) in [6.07, 6.45) is 32.2. The summed E-state index contributed by atoms with van der Waals surface area (Å²) >= 11 is 0. The molecule has 0 aromatic carbocycles. The Labute approximate surface area is 208 Å². The van der Waals surface area contributed by atoms with E-state index in [0.29, 0.717) is 0 Å². The fourth-order valence-electron chi connectivity index (χ4n) is 1.96. The van der Waals surface area contributed by atoms with Crippen LogP contribution >= 0.6 is 0 Å². The van der Waals surface area contributed by atoms with Crippen LogP contribution in [0.1, 0.15) is 160 Å². The summed E-state index contributed by atoms with van der Waals surface area (Å²) in [6.45, 7) is 26.3. The molecule has 0 aliphatic heterocycles. The van der Waals surface area contributed by atoms with Gasteiger partial charge in [0.05, 0.1) is 0 Å². The standard InChI is InChI=1S/2C6H10.2C5H10.2C3H8.2C2H6/c2*1-2-4-6-5-3-1;2*1-3-5-4-2;2*1-3-2;2*1-2/h2*1-2H,3-6H2;3,5H,4H2,1-2H3;3H,1,4-5H2,2H3;2*3H2,1-2H3;2*1-2H3/b;;5-3+;;;;;. The largest absolute Gasteiger partial charge is 0.103 e. The Balaban J connectivity index is -0.0000000626. The molecular weight excluding hydrogens is 384 g/mol. The summed E-state index contributed by atoms with van der Waals surface area (Å²) in [6, 6.07) is 0. The fourth-order valence-corrected chi connectivity index (χ4v) is 1.96. The second-order valence-corrected chi connectivity index (χ2v) is 6.98. The third-order valence-electron chi connectivity index (χ3n) is 3.28. The van der Waals surface area contributed by atoms with E-state index in [9.17, 15) is 0 Å². The summed E-state index contributed by atoms with van der Waals surface area (Å²) in [5.74, 6) is 0. The number of hydrogen-bond acceptors (Lipinski definition) is 0. The smallest absolute Gasteiger partial charge is 0.0351 e. The molecule has 0 spiro atoms. The fraction of sp³-hybridized carbons (Fsp3) is 0.750. The highest BCUT2D eigenvalue weighted by Gasteiger charge is 1.87. The van der Waals surface area contributed by atoms with Gasteiger partial charge in [0.2, 0.25) is 0 Å². The number of unbranched alkanes of at least 4 members (excludes halogenated alkanes) is 1. The van der Waals surface area contributed by atoms with Crippen molar-refractivity contribution in [3.8, 4) is 0 Å². The van der Waals surface area contributed by atoms with Crippen molar-refractivity contribution in [1.82, 2.24) is 0 Å². The van der Waals surface area contributed by atoms with Crippen molar-refractivity contribution in [1.29, 1.82) is 0 Å². The number of allylic oxidation sites excluding steroid dienone is 7. The molecule has 0 fully saturated rings. The molecule has 196 valence electrons. The Morgan fingerprint density at radius 2 is 0.906 bits per heavy atom. The van der Waals surface area contributed by atoms with E-state index in [4.69, 9.17) is 0 Å². The van der Waals surface area contributed by atoms with Crippen molar-refractivity contribution in [2.75, 3.05) is 0 Å². The van der Waals surface area contributed by atoms with Crippen molar-refractivity contribution in [2.45, 2.75) is 160 Å². The SMILES string of the molecule is C/C=C/CC.C1=CCCCC1.C1=CCCCC1.C=CCCC.CC.CC.CCC.CCC. The zero-order valence-corrected chi connectivity index (χ0v) is 24.9. The van der Waals surface area contributed by atoms with Crippen LogP contribution in [0.4, 0.5) is 0 Å². The molecule has 2 aliphatic rings. The van der Waals surface area contributed by atoms with E-state index >= 15 is 0 Å². The first-order valence-electron chi connectivity index (χ1n) is 14.2. The number of hydrogen-bond donors (Lipinski definition) is 0. The third kappa shape index (κ3) is 101. The predicted molar refractivity (Wildman–Crippen MR) is 160 cm³/mol. The molecule has 0 heteroatoms. The molecule has 0 saturated carbocycles. The third-order valence-corrected chi connectivity index (χ3v) is 3.28. The van der Waals surface area contributed by atoms with Gasteiger partial charge >= 0.3 is 0 Å². The van der Waals surface area contributed by atoms with Crippen LogP contribution in [-0.2, 0) is 0 Å². The molecule has 2 rings (SSSR count). The van der Waals surface area contributed by atoms with E-state index < -0.39 is 0 Å². The van der Waals surface area contributed by atoms with Crippen LogP contribution in [0.15, 0.2) is 49.1 Å². The van der Waals surface area contributed by atoms with E-state index in [1.165, 1.54) is 70.6 Å². The highest BCUT2D eigenvalue weighted by atomic mass is 13.9. The van der Waals surface area contributed by atoms with E-state index in [1.54, 1.807) is 0 Å². The van der Waals surface area contributed by atoms with Crippen molar-refractivity contribution >= 4 is 0 Å². The van der Waals surface area contributed by atoms with Crippen LogP contribution in [-0.4, -0.2) is 0 Å². The van der Waals surface area contributed by atoms with Crippen molar-refractivity contribution in [2.24, 2.45) is 0 Å². The first kappa shape index (κ1) is 44.6. The van der Waals surface area contributed by atoms with Crippen LogP contribution in [0.5, 0.6) is 0 Å². The average Bonchev–Trinajstić information content (AvgIpc) is 2.87. The zero-order valence-electron chi connectivity index (χ0n) is 24.9. The van der Waals surface area contributed by atoms with Crippen molar-refractivity contribution in [3.63, 3.8) is 0 Å². The van der Waals surface area contributed by atoms with Crippen LogP contribution in [0.3, 0.4) is 0 Å². The summed E-state index contributed by atoms with van der Waals surface area (Å²) < 4.78 is 0. The van der Waals surface area contributed by atoms with Gasteiger partial charge in [-0.05, 0) is 71.1 Å². The lowest BCUT2D eigenvalue weighted by Crippen LogP contribution is -1.77. The molecule has 32 heavy (non-hydrogen) atoms. The molecule has 0 aromatic rings. The first-order valence-corrected chi connectivity index (χ1v) is 14.2. The quantitative estimate of drug-likeness (QED) is 0.373. The summed E-state index contributed by atoms with van der Waals surface area (Å²) in [4.78, 5) is 0. The van der Waals surface area contributed by atoms with E-state index in [2.05, 4.69) is 84.6 Å². The summed E-state index contributed by atoms with van der Waals surface area (Å²) in [7, 11) is 0. The predicted octanol–water partition coefficient (Wildman–Crippen LogP) is 13.1. The molecule has 0 aromatic heterocycles. The Kier molecular flexibility index (Phi) is 97.4. The molecule has 0 radical (unpaired) electrons. The maximum atomic E-state index is 3.55. The van der Waals surface area contributed by atoms with Crippen molar-refractivity contribution in [3.05, 3.63) is 49.1 Å². The minimum atomic E-state index is 1.15. The molecule has 0 saturated heterocycles. The highest BCUT2D eigenvalue weighted by molar-refractivity contribution is 4.85. The Bertz CT molecular complexity index is 257. The molecule has 0 N–H and O–H groups in total. The van der Waals surface area contributed by atoms with Gasteiger partial charge in [0, 0.05) is 0 Å². The lowest BCUT2D eigenvalue weighted by Gasteiger charge is -1.97. The van der Waals surface area contributed by atoms with Crippen LogP contribution < -0.4 is 0 Å². The lowest BCUT2D eigenvalue weighted by molar-refractivity contribution is 0.730. The molecule has 0 nitrogen and oxygen atoms in total. The molecule has 0 atom stereocenters. The first-order chi connectivity index (χ1) is 15.7. The molecule has 0 amide bonds. The molecular formula is C32H68. The van der Waals surface area contributed by atoms with Gasteiger partial charge in [-0.3, -0.25) is 0 Å². The van der Waals surface area contributed by atoms with E-state index in [0.717, 1.165) is 12.8 Å². The second kappa shape index (κ2) is 69.9. The Morgan fingerprint density at radius 1 is 0.625 bits per heavy atom. The summed E-state index contributed by atoms with van der Waals surface area (Å²) in [5.41, 5.74) is 0. The van der Waals surface area contributed by atoms with Gasteiger partial charge in [-0.25, -0.2) is 0 Å². The Morgan fingerprint density at radius 3 is 0.938 bits per heavy atom. The van der Waals surface area contributed by atoms with Gasteiger partial charge in [0.15, 0.2) is 0 Å². The highest BCUT2D eigenvalue weighted by Crippen LogP contribution is 2.07. The van der Waals surface area contributed by atoms with Crippen LogP contribution in [0, 0.1) is 0 Å². The van der Waals surface area contributed by atoms with Crippen molar-refractivity contribution < 1.29 is 0 Å². The average molecular weight is 453 g/mol. The molecule has 0 unspecified atom stereocenters. The van der Waals surface area contributed by atoms with Gasteiger partial charge in [-0.2, -0.15) is 0 Å². The van der Waals surface area contributed by atoms with Gasteiger partial charge in [-0.15, -0.1) is 6.58 Å². The monoisotopic (exact) mass is 453 g/mol. The maximum Gasteiger partial charge on any atom is -0.0351 e. The lowest BCUT2D eigenvalue weighted by atomic mass is 10.1. The number of rotatable bonds is 3. The van der Waals surface area contributed by atoms with Gasteiger partial charge in [0.25, 0.3) is 0 Å². The molecule has 0 bridgehead atoms. The van der Waals surface area contributed by atoms with Gasteiger partial charge < -0.3 is 0 Å². The maximum absolute atomic E-state index is 3.55. The van der Waals surface area contributed by atoms with E-state index in [-0.39, 0.29) is 0 Å². The minimum Gasteiger partial charge on any atom is -0.103 e. The zero-order chi connectivity index (χ0) is 26.1. The second-order valence-electron chi connectivity index (χ2n) is 6.98. The van der Waals surface area contributed by atoms with Crippen LogP contribution in [0.25, 0.3) is 0 Å². The molecule has 2 aliphatic carbocycles. The normalized spacial score (nSPS) is 12.2. The van der Waals surface area contributed by atoms with Gasteiger partial charge in [-0.1, -0.05) is 131 Å². The van der Waals surface area contributed by atoms with E-state index in [1.807, 2.05) is 40.7 Å². The van der Waals surface area contributed by atoms with Gasteiger partial charge in [0.1, 0.15) is 0 Å².